The fourth-order valence-corrected chi connectivity index (χ4v) is 2.40. The van der Waals surface area contributed by atoms with Gasteiger partial charge >= 0.3 is 0 Å². The Hall–Kier alpha value is 0.257. The van der Waals surface area contributed by atoms with Crippen molar-refractivity contribution in [3.63, 3.8) is 0 Å². The topological polar surface area (TPSA) is 42.3 Å². The Kier molecular flexibility index (Phi) is 8.88. The zero-order chi connectivity index (χ0) is 16.7. The van der Waals surface area contributed by atoms with Crippen LogP contribution >= 0.6 is 34.8 Å². The predicted molar refractivity (Wildman–Crippen MR) is 95.5 cm³/mol. The van der Waals surface area contributed by atoms with Crippen molar-refractivity contribution in [3.8, 4) is 0 Å². The number of alkyl halides is 3. The van der Waals surface area contributed by atoms with E-state index >= 15 is 0 Å². The van der Waals surface area contributed by atoms with Gasteiger partial charge < -0.3 is 9.16 Å². The fraction of sp³-hybridized carbons (Fsp3) is 0.786. The van der Waals surface area contributed by atoms with Crippen molar-refractivity contribution in [1.29, 1.82) is 5.41 Å². The Bertz CT molecular complexity index is 360. The lowest BCUT2D eigenvalue weighted by Gasteiger charge is -2.36. The molecule has 0 aliphatic heterocycles. The molecule has 0 saturated heterocycles. The zero-order valence-corrected chi connectivity index (χ0v) is 16.7. The summed E-state index contributed by atoms with van der Waals surface area (Å²) in [6.45, 7) is 12.2. The third-order valence-electron chi connectivity index (χ3n) is 3.53. The van der Waals surface area contributed by atoms with Crippen LogP contribution in [0.15, 0.2) is 12.2 Å². The van der Waals surface area contributed by atoms with Crippen LogP contribution in [0.2, 0.25) is 18.1 Å². The number of unbranched alkanes of at least 4 members (excludes halogenated alkanes) is 1. The maximum atomic E-state index is 7.35. The Morgan fingerprint density at radius 2 is 1.71 bits per heavy atom. The van der Waals surface area contributed by atoms with Gasteiger partial charge in [0.2, 0.25) is 5.90 Å². The molecule has 3 nitrogen and oxygen atoms in total. The molecule has 0 unspecified atom stereocenters. The highest BCUT2D eigenvalue weighted by atomic mass is 35.6. The molecular weight excluding hydrogens is 349 g/mol. The standard InChI is InChI=1S/C14H26Cl3NO2Si/c1-13(2,3)21(4,5)20-11-9-7-6-8-10-19-12(18)14(15,16)17/h6,8,18H,7,9-11H2,1-5H3/b8-6+,18-12?. The fourth-order valence-electron chi connectivity index (χ4n) is 1.14. The molecule has 7 heteroatoms. The molecule has 1 N–H and O–H groups in total. The molecule has 0 spiro atoms. The lowest BCUT2D eigenvalue weighted by Crippen LogP contribution is -2.40. The van der Waals surface area contributed by atoms with E-state index in [1.165, 1.54) is 0 Å². The first-order valence-corrected chi connectivity index (χ1v) is 11.0. The van der Waals surface area contributed by atoms with Gasteiger partial charge in [0.25, 0.3) is 3.79 Å². The van der Waals surface area contributed by atoms with Crippen LogP contribution in [0.5, 0.6) is 0 Å². The van der Waals surface area contributed by atoms with Crippen molar-refractivity contribution >= 4 is 49.0 Å². The van der Waals surface area contributed by atoms with Crippen LogP contribution in [0.1, 0.15) is 33.6 Å². The summed E-state index contributed by atoms with van der Waals surface area (Å²) in [4.78, 5) is 0. The van der Waals surface area contributed by atoms with Gasteiger partial charge in [0.1, 0.15) is 6.61 Å². The van der Waals surface area contributed by atoms with Gasteiger partial charge in [0, 0.05) is 6.61 Å². The van der Waals surface area contributed by atoms with E-state index in [9.17, 15) is 0 Å². The third kappa shape index (κ3) is 9.09. The van der Waals surface area contributed by atoms with Gasteiger partial charge in [0.15, 0.2) is 8.32 Å². The van der Waals surface area contributed by atoms with Gasteiger partial charge in [-0.1, -0.05) is 67.7 Å². The number of ether oxygens (including phenoxy) is 1. The van der Waals surface area contributed by atoms with Crippen LogP contribution < -0.4 is 0 Å². The van der Waals surface area contributed by atoms with E-state index in [1.807, 2.05) is 12.2 Å². The Balaban J connectivity index is 3.78. The Morgan fingerprint density at radius 3 is 2.19 bits per heavy atom. The summed E-state index contributed by atoms with van der Waals surface area (Å²) in [7, 11) is -1.64. The molecule has 0 aliphatic carbocycles. The first-order chi connectivity index (χ1) is 9.38. The molecule has 0 atom stereocenters. The molecule has 21 heavy (non-hydrogen) atoms. The minimum absolute atomic E-state index is 0.232. The molecule has 0 rings (SSSR count). The molecule has 0 bridgehead atoms. The van der Waals surface area contributed by atoms with Gasteiger partial charge in [-0.25, -0.2) is 0 Å². The summed E-state index contributed by atoms with van der Waals surface area (Å²) in [5.41, 5.74) is 0. The highest BCUT2D eigenvalue weighted by Gasteiger charge is 2.36. The van der Waals surface area contributed by atoms with Crippen LogP contribution in [-0.4, -0.2) is 31.2 Å². The number of hydrogen-bond acceptors (Lipinski definition) is 3. The molecular formula is C14H26Cl3NO2Si. The van der Waals surface area contributed by atoms with Crippen molar-refractivity contribution in [1.82, 2.24) is 0 Å². The molecule has 0 aliphatic rings. The summed E-state index contributed by atoms with van der Waals surface area (Å²) in [6.07, 6.45) is 5.67. The number of halogens is 3. The Labute approximate surface area is 144 Å². The number of allylic oxidation sites excluding steroid dienone is 1. The maximum Gasteiger partial charge on any atom is 0.265 e. The summed E-state index contributed by atoms with van der Waals surface area (Å²) < 4.78 is 9.27. The second-order valence-electron chi connectivity index (χ2n) is 6.36. The first kappa shape index (κ1) is 21.3. The van der Waals surface area contributed by atoms with E-state index in [4.69, 9.17) is 49.4 Å². The second kappa shape index (κ2) is 8.78. The van der Waals surface area contributed by atoms with Crippen LogP contribution in [0.3, 0.4) is 0 Å². The highest BCUT2D eigenvalue weighted by molar-refractivity contribution is 6.76. The lowest BCUT2D eigenvalue weighted by atomic mass is 10.2. The van der Waals surface area contributed by atoms with Gasteiger partial charge in [0.05, 0.1) is 0 Å². The molecule has 124 valence electrons. The first-order valence-electron chi connectivity index (χ1n) is 6.95. The summed E-state index contributed by atoms with van der Waals surface area (Å²) in [6, 6.07) is 0. The average molecular weight is 375 g/mol. The van der Waals surface area contributed by atoms with Crippen molar-refractivity contribution in [2.45, 2.75) is 55.5 Å². The summed E-state index contributed by atoms with van der Waals surface area (Å²) >= 11 is 16.5. The Morgan fingerprint density at radius 1 is 1.14 bits per heavy atom. The van der Waals surface area contributed by atoms with E-state index in [0.717, 1.165) is 19.4 Å². The van der Waals surface area contributed by atoms with Crippen molar-refractivity contribution in [2.24, 2.45) is 0 Å². The normalized spacial score (nSPS) is 13.7. The summed E-state index contributed by atoms with van der Waals surface area (Å²) in [5.74, 6) is -0.363. The molecule has 0 amide bonds. The maximum absolute atomic E-state index is 7.35. The average Bonchev–Trinajstić information content (AvgIpc) is 2.29. The second-order valence-corrected chi connectivity index (χ2v) is 13.5. The quantitative estimate of drug-likeness (QED) is 0.155. The van der Waals surface area contributed by atoms with Crippen LogP contribution in [0.25, 0.3) is 0 Å². The van der Waals surface area contributed by atoms with Gasteiger partial charge in [-0.05, 0) is 31.0 Å². The SMILES string of the molecule is CC(C)(C)[Si](C)(C)OCCC/C=C/COC(=N)C(Cl)(Cl)Cl. The number of rotatable bonds is 7. The lowest BCUT2D eigenvalue weighted by molar-refractivity contribution is 0.283. The monoisotopic (exact) mass is 373 g/mol. The van der Waals surface area contributed by atoms with Crippen LogP contribution in [0, 0.1) is 5.41 Å². The predicted octanol–water partition coefficient (Wildman–Crippen LogP) is 5.71. The molecule has 0 aromatic rings. The van der Waals surface area contributed by atoms with E-state index in [1.54, 1.807) is 0 Å². The molecule has 0 aromatic heterocycles. The smallest absolute Gasteiger partial charge is 0.265 e. The van der Waals surface area contributed by atoms with E-state index in [-0.39, 0.29) is 17.5 Å². The minimum atomic E-state index is -1.79. The molecule has 0 heterocycles. The van der Waals surface area contributed by atoms with Crippen LogP contribution in [0.4, 0.5) is 0 Å². The largest absolute Gasteiger partial charge is 0.474 e. The van der Waals surface area contributed by atoms with Crippen molar-refractivity contribution in [3.05, 3.63) is 12.2 Å². The molecule has 0 radical (unpaired) electrons. The number of nitrogens with one attached hydrogen (secondary N) is 1. The van der Waals surface area contributed by atoms with Gasteiger partial charge in [-0.2, -0.15) is 0 Å². The molecule has 0 fully saturated rings. The number of hydrogen-bond donors (Lipinski definition) is 1. The van der Waals surface area contributed by atoms with Gasteiger partial charge in [-0.15, -0.1) is 0 Å². The van der Waals surface area contributed by atoms with E-state index in [0.29, 0.717) is 0 Å². The van der Waals surface area contributed by atoms with Crippen molar-refractivity contribution < 1.29 is 9.16 Å². The van der Waals surface area contributed by atoms with Gasteiger partial charge in [-0.3, -0.25) is 5.41 Å². The van der Waals surface area contributed by atoms with Crippen molar-refractivity contribution in [2.75, 3.05) is 13.2 Å². The summed E-state index contributed by atoms with van der Waals surface area (Å²) in [5, 5.41) is 7.59. The molecule has 0 aromatic carbocycles. The third-order valence-corrected chi connectivity index (χ3v) is 8.59. The highest BCUT2D eigenvalue weighted by Crippen LogP contribution is 2.36. The van der Waals surface area contributed by atoms with E-state index < -0.39 is 12.1 Å². The van der Waals surface area contributed by atoms with E-state index in [2.05, 4.69) is 33.9 Å². The minimum Gasteiger partial charge on any atom is -0.474 e. The molecule has 0 saturated carbocycles. The van der Waals surface area contributed by atoms with Crippen LogP contribution in [-0.2, 0) is 9.16 Å². The zero-order valence-electron chi connectivity index (χ0n) is 13.4.